The lowest BCUT2D eigenvalue weighted by atomic mass is 10.4. The molecule has 16 heavy (non-hydrogen) atoms. The van der Waals surface area contributed by atoms with Crippen molar-refractivity contribution in [3.63, 3.8) is 0 Å². The van der Waals surface area contributed by atoms with Crippen molar-refractivity contribution in [2.75, 3.05) is 20.1 Å². The average molecular weight is 227 g/mol. The molecule has 1 saturated heterocycles. The third-order valence-electron chi connectivity index (χ3n) is 2.16. The number of carbonyl (C=O) groups excluding carboxylic acids is 4. The van der Waals surface area contributed by atoms with Gasteiger partial charge in [0.1, 0.15) is 6.54 Å². The molecular weight excluding hydrogens is 214 g/mol. The zero-order chi connectivity index (χ0) is 12.3. The molecule has 1 rings (SSSR count). The topological polar surface area (TPSA) is 86.8 Å². The van der Waals surface area contributed by atoms with Crippen LogP contribution in [0.1, 0.15) is 13.3 Å². The number of carbonyl (C=O) groups is 4. The molecule has 0 spiro atoms. The maximum absolute atomic E-state index is 11.6. The van der Waals surface area contributed by atoms with Crippen LogP contribution >= 0.6 is 0 Å². The summed E-state index contributed by atoms with van der Waals surface area (Å²) in [6.45, 7) is 1.56. The fourth-order valence-electron chi connectivity index (χ4n) is 1.33. The van der Waals surface area contributed by atoms with E-state index >= 15 is 0 Å². The molecule has 7 heteroatoms. The predicted molar refractivity (Wildman–Crippen MR) is 53.2 cm³/mol. The Morgan fingerprint density at radius 3 is 2.25 bits per heavy atom. The minimum atomic E-state index is -0.943. The highest BCUT2D eigenvalue weighted by Gasteiger charge is 2.44. The van der Waals surface area contributed by atoms with Crippen LogP contribution in [-0.4, -0.2) is 53.7 Å². The van der Waals surface area contributed by atoms with E-state index in [9.17, 15) is 19.2 Å². The quantitative estimate of drug-likeness (QED) is 0.489. The van der Waals surface area contributed by atoms with Crippen LogP contribution in [0.25, 0.3) is 0 Å². The van der Waals surface area contributed by atoms with Gasteiger partial charge in [-0.1, -0.05) is 6.92 Å². The van der Waals surface area contributed by atoms with Crippen molar-refractivity contribution in [2.45, 2.75) is 13.3 Å². The Bertz CT molecular complexity index is 353. The van der Waals surface area contributed by atoms with E-state index in [2.05, 4.69) is 5.32 Å². The van der Waals surface area contributed by atoms with Crippen LogP contribution < -0.4 is 5.32 Å². The van der Waals surface area contributed by atoms with Gasteiger partial charge < -0.3 is 5.32 Å². The molecule has 1 aliphatic rings. The smallest absolute Gasteiger partial charge is 0.334 e. The number of nitrogens with zero attached hydrogens (tertiary/aromatic N) is 2. The van der Waals surface area contributed by atoms with E-state index in [1.165, 1.54) is 7.05 Å². The summed E-state index contributed by atoms with van der Waals surface area (Å²) in [6, 6.07) is -0.722. The van der Waals surface area contributed by atoms with Crippen molar-refractivity contribution in [3.05, 3.63) is 0 Å². The Kier molecular flexibility index (Phi) is 3.60. The molecular formula is C9H13N3O4. The van der Waals surface area contributed by atoms with Crippen molar-refractivity contribution >= 4 is 23.8 Å². The fourth-order valence-corrected chi connectivity index (χ4v) is 1.33. The second-order valence-electron chi connectivity index (χ2n) is 3.30. The Morgan fingerprint density at radius 2 is 1.75 bits per heavy atom. The van der Waals surface area contributed by atoms with Crippen LogP contribution in [0, 0.1) is 0 Å². The van der Waals surface area contributed by atoms with Crippen LogP contribution in [0.15, 0.2) is 0 Å². The van der Waals surface area contributed by atoms with E-state index in [4.69, 9.17) is 0 Å². The molecule has 0 bridgehead atoms. The van der Waals surface area contributed by atoms with Gasteiger partial charge in [0.05, 0.1) is 0 Å². The third kappa shape index (κ3) is 2.02. The molecule has 1 aliphatic heterocycles. The molecule has 1 heterocycles. The summed E-state index contributed by atoms with van der Waals surface area (Å²) in [5.41, 5.74) is 0. The van der Waals surface area contributed by atoms with Gasteiger partial charge in [-0.05, 0) is 6.42 Å². The van der Waals surface area contributed by atoms with Gasteiger partial charge in [-0.25, -0.2) is 9.69 Å². The average Bonchev–Trinajstić information content (AvgIpc) is 2.46. The zero-order valence-electron chi connectivity index (χ0n) is 9.15. The molecule has 1 fully saturated rings. The van der Waals surface area contributed by atoms with Crippen molar-refractivity contribution in [2.24, 2.45) is 0 Å². The highest BCUT2D eigenvalue weighted by Crippen LogP contribution is 2.11. The van der Waals surface area contributed by atoms with Crippen molar-refractivity contribution in [1.29, 1.82) is 0 Å². The molecule has 7 nitrogen and oxygen atoms in total. The molecule has 0 saturated carbocycles. The second kappa shape index (κ2) is 4.73. The lowest BCUT2D eigenvalue weighted by molar-refractivity contribution is -0.144. The number of rotatable bonds is 4. The number of likely N-dealkylation sites (N-methyl/N-ethyl adjacent to an activating group) is 1. The van der Waals surface area contributed by atoms with Gasteiger partial charge in [0.25, 0.3) is 0 Å². The fraction of sp³-hybridized carbons (Fsp3) is 0.556. The maximum Gasteiger partial charge on any atom is 0.334 e. The van der Waals surface area contributed by atoms with E-state index in [0.29, 0.717) is 11.3 Å². The molecule has 0 aromatic carbocycles. The van der Waals surface area contributed by atoms with E-state index in [1.54, 1.807) is 6.92 Å². The van der Waals surface area contributed by atoms with Gasteiger partial charge in [0, 0.05) is 13.6 Å². The molecule has 0 aromatic rings. The number of imide groups is 2. The summed E-state index contributed by atoms with van der Waals surface area (Å²) in [5, 5.41) is 2.28. The van der Waals surface area contributed by atoms with E-state index < -0.39 is 30.3 Å². The Labute approximate surface area is 92.4 Å². The molecule has 88 valence electrons. The van der Waals surface area contributed by atoms with Gasteiger partial charge in [-0.2, -0.15) is 0 Å². The number of hydrogen-bond acceptors (Lipinski definition) is 4. The summed E-state index contributed by atoms with van der Waals surface area (Å²) in [7, 11) is 1.39. The summed E-state index contributed by atoms with van der Waals surface area (Å²) in [6.07, 6.45) is 0.568. The van der Waals surface area contributed by atoms with Crippen molar-refractivity contribution in [1.82, 2.24) is 15.1 Å². The van der Waals surface area contributed by atoms with Crippen LogP contribution in [-0.2, 0) is 14.4 Å². The zero-order valence-corrected chi connectivity index (χ0v) is 9.15. The Balaban J connectivity index is 2.81. The number of hydrogen-bond donors (Lipinski definition) is 1. The molecule has 0 atom stereocenters. The summed E-state index contributed by atoms with van der Waals surface area (Å²) in [4.78, 5) is 46.9. The van der Waals surface area contributed by atoms with Crippen LogP contribution in [0.2, 0.25) is 0 Å². The Hall–Kier alpha value is -1.92. The van der Waals surface area contributed by atoms with Gasteiger partial charge in [-0.3, -0.25) is 19.3 Å². The van der Waals surface area contributed by atoms with Crippen LogP contribution in [0.3, 0.4) is 0 Å². The normalized spacial score (nSPS) is 16.0. The first-order valence-corrected chi connectivity index (χ1v) is 4.90. The lowest BCUT2D eigenvalue weighted by Crippen LogP contribution is -2.40. The maximum atomic E-state index is 11.6. The second-order valence-corrected chi connectivity index (χ2v) is 3.30. The van der Waals surface area contributed by atoms with Crippen molar-refractivity contribution < 1.29 is 19.2 Å². The predicted octanol–water partition coefficient (Wildman–Crippen LogP) is -1.07. The molecule has 5 amide bonds. The molecule has 0 radical (unpaired) electrons. The number of amides is 5. The highest BCUT2D eigenvalue weighted by atomic mass is 16.2. The largest absolute Gasteiger partial charge is 0.358 e. The minimum Gasteiger partial charge on any atom is -0.358 e. The molecule has 0 aliphatic carbocycles. The molecule has 0 aromatic heterocycles. The number of nitrogens with one attached hydrogen (secondary N) is 1. The van der Waals surface area contributed by atoms with Crippen LogP contribution in [0.4, 0.5) is 4.79 Å². The Morgan fingerprint density at radius 1 is 1.19 bits per heavy atom. The highest BCUT2D eigenvalue weighted by molar-refractivity contribution is 6.45. The standard InChI is InChI=1S/C9H13N3O4/c1-3-4-11-7(14)8(15)12(9(11)16)5-6(13)10-2/h3-5H2,1-2H3,(H,10,13). The van der Waals surface area contributed by atoms with E-state index in [0.717, 1.165) is 4.90 Å². The summed E-state index contributed by atoms with van der Waals surface area (Å²) in [5.74, 6) is -2.30. The first-order valence-electron chi connectivity index (χ1n) is 4.90. The summed E-state index contributed by atoms with van der Waals surface area (Å²) >= 11 is 0. The first-order chi connectivity index (χ1) is 7.52. The van der Waals surface area contributed by atoms with Crippen LogP contribution in [0.5, 0.6) is 0 Å². The van der Waals surface area contributed by atoms with Gasteiger partial charge in [-0.15, -0.1) is 0 Å². The van der Waals surface area contributed by atoms with Gasteiger partial charge in [0.15, 0.2) is 0 Å². The summed E-state index contributed by atoms with van der Waals surface area (Å²) < 4.78 is 0. The SMILES string of the molecule is CCCN1C(=O)C(=O)N(CC(=O)NC)C1=O. The van der Waals surface area contributed by atoms with Crippen molar-refractivity contribution in [3.8, 4) is 0 Å². The lowest BCUT2D eigenvalue weighted by Gasteiger charge is -2.13. The van der Waals surface area contributed by atoms with E-state index in [1.807, 2.05) is 0 Å². The van der Waals surface area contributed by atoms with Gasteiger partial charge >= 0.3 is 17.8 Å². The van der Waals surface area contributed by atoms with Gasteiger partial charge in [0.2, 0.25) is 5.91 Å². The third-order valence-corrected chi connectivity index (χ3v) is 2.16. The minimum absolute atomic E-state index is 0.188. The first kappa shape index (κ1) is 12.2. The monoisotopic (exact) mass is 227 g/mol. The number of urea groups is 1. The molecule has 0 unspecified atom stereocenters. The van der Waals surface area contributed by atoms with E-state index in [-0.39, 0.29) is 6.54 Å². The molecule has 1 N–H and O–H groups in total.